The Morgan fingerprint density at radius 1 is 1.14 bits per heavy atom. The Morgan fingerprint density at radius 3 is 2.54 bits per heavy atom. The van der Waals surface area contributed by atoms with E-state index in [1.165, 1.54) is 6.07 Å². The number of halogens is 3. The summed E-state index contributed by atoms with van der Waals surface area (Å²) in [5.41, 5.74) is 6.29. The fourth-order valence-corrected chi connectivity index (χ4v) is 6.21. The molecule has 0 spiro atoms. The van der Waals surface area contributed by atoms with Crippen molar-refractivity contribution in [3.63, 3.8) is 0 Å². The van der Waals surface area contributed by atoms with E-state index in [9.17, 15) is 4.79 Å². The fraction of sp³-hybridized carbons (Fsp3) is 0.321. The van der Waals surface area contributed by atoms with Gasteiger partial charge < -0.3 is 25.3 Å². The molecule has 3 aliphatic heterocycles. The van der Waals surface area contributed by atoms with Gasteiger partial charge >= 0.3 is 0 Å². The molecule has 0 bridgehead atoms. The Kier molecular flexibility index (Phi) is 5.76. The smallest absolute Gasteiger partial charge is 0.249 e. The van der Waals surface area contributed by atoms with Gasteiger partial charge in [0.25, 0.3) is 0 Å². The van der Waals surface area contributed by atoms with Gasteiger partial charge in [-0.2, -0.15) is 0 Å². The molecule has 6 nitrogen and oxygen atoms in total. The largest absolute Gasteiger partial charge is 0.486 e. The van der Waals surface area contributed by atoms with Gasteiger partial charge in [0.15, 0.2) is 22.9 Å². The van der Waals surface area contributed by atoms with Crippen molar-refractivity contribution in [1.29, 1.82) is 0 Å². The molecule has 37 heavy (non-hydrogen) atoms. The molecule has 3 aromatic carbocycles. The minimum Gasteiger partial charge on any atom is -0.486 e. The van der Waals surface area contributed by atoms with Crippen LogP contribution in [0.3, 0.4) is 0 Å². The average Bonchev–Trinajstić information content (AvgIpc) is 3.57. The molecular weight excluding hydrogens is 502 g/mol. The summed E-state index contributed by atoms with van der Waals surface area (Å²) < 4.78 is 49.3. The summed E-state index contributed by atoms with van der Waals surface area (Å²) in [7, 11) is 0. The first kappa shape index (κ1) is 24.0. The number of primary amides is 1. The molecule has 192 valence electrons. The Bertz CT molecular complexity index is 1430. The maximum Gasteiger partial charge on any atom is 0.249 e. The van der Waals surface area contributed by atoms with Crippen LogP contribution >= 0.6 is 11.6 Å². The predicted octanol–water partition coefficient (Wildman–Crippen LogP) is 5.05. The number of benzene rings is 3. The van der Waals surface area contributed by atoms with Crippen molar-refractivity contribution in [3.05, 3.63) is 75.3 Å². The van der Waals surface area contributed by atoms with E-state index < -0.39 is 23.1 Å². The van der Waals surface area contributed by atoms with Crippen LogP contribution in [0.15, 0.2) is 36.4 Å². The number of fused-ring (bicyclic) bond motifs is 2. The maximum atomic E-state index is 16.2. The Hall–Kier alpha value is -3.36. The number of nitrogens with two attached hydrogens (primary N) is 1. The molecule has 3 aliphatic rings. The molecule has 3 N–H and O–H groups in total. The molecule has 6 rings (SSSR count). The number of hydrogen-bond donors (Lipinski definition) is 2. The molecule has 1 amide bonds. The van der Waals surface area contributed by atoms with Crippen molar-refractivity contribution >= 4 is 17.5 Å². The summed E-state index contributed by atoms with van der Waals surface area (Å²) in [6.45, 7) is 2.74. The van der Waals surface area contributed by atoms with Crippen LogP contribution < -0.4 is 25.3 Å². The lowest BCUT2D eigenvalue weighted by molar-refractivity contribution is 0.0539. The SMILES string of the molecule is Cc1c2c(c(F)c(-c3c(Cl)c(F)cc4c3C[C@](c3ccccc3)(C3CCCN3)O4)c1C(N)=O)OCCO2. The van der Waals surface area contributed by atoms with Gasteiger partial charge in [0.1, 0.15) is 24.8 Å². The fourth-order valence-electron chi connectivity index (χ4n) is 5.95. The van der Waals surface area contributed by atoms with Crippen LogP contribution in [0.4, 0.5) is 8.78 Å². The molecule has 0 aliphatic carbocycles. The molecule has 0 saturated carbocycles. The number of rotatable bonds is 4. The number of amides is 1. The lowest BCUT2D eigenvalue weighted by Crippen LogP contribution is -2.48. The summed E-state index contributed by atoms with van der Waals surface area (Å²) in [6.07, 6.45) is 2.09. The van der Waals surface area contributed by atoms with Crippen molar-refractivity contribution in [1.82, 2.24) is 5.32 Å². The summed E-state index contributed by atoms with van der Waals surface area (Å²) in [4.78, 5) is 12.7. The molecule has 1 saturated heterocycles. The van der Waals surface area contributed by atoms with Crippen molar-refractivity contribution in [2.75, 3.05) is 19.8 Å². The lowest BCUT2D eigenvalue weighted by Gasteiger charge is -2.35. The van der Waals surface area contributed by atoms with Crippen LogP contribution in [0.5, 0.6) is 17.2 Å². The molecule has 2 atom stereocenters. The van der Waals surface area contributed by atoms with E-state index in [0.29, 0.717) is 11.1 Å². The zero-order valence-corrected chi connectivity index (χ0v) is 20.9. The topological polar surface area (TPSA) is 82.8 Å². The Balaban J connectivity index is 1.63. The first-order valence-electron chi connectivity index (χ1n) is 12.2. The second kappa shape index (κ2) is 8.89. The third kappa shape index (κ3) is 3.57. The average molecular weight is 527 g/mol. The number of ether oxygens (including phenoxy) is 3. The third-order valence-electron chi connectivity index (χ3n) is 7.57. The summed E-state index contributed by atoms with van der Waals surface area (Å²) in [6, 6.07) is 10.8. The second-order valence-electron chi connectivity index (χ2n) is 9.62. The monoisotopic (exact) mass is 526 g/mol. The summed E-state index contributed by atoms with van der Waals surface area (Å²) in [5.74, 6) is -2.35. The first-order chi connectivity index (χ1) is 17.8. The zero-order chi connectivity index (χ0) is 25.9. The molecule has 3 aromatic rings. The number of carbonyl (C=O) groups excluding carboxylic acids is 1. The van der Waals surface area contributed by atoms with Crippen LogP contribution in [-0.4, -0.2) is 31.7 Å². The first-order valence-corrected chi connectivity index (χ1v) is 12.6. The van der Waals surface area contributed by atoms with Gasteiger partial charge in [-0.25, -0.2) is 8.78 Å². The van der Waals surface area contributed by atoms with Crippen LogP contribution in [0.1, 0.15) is 39.9 Å². The molecule has 0 aromatic heterocycles. The molecule has 1 unspecified atom stereocenters. The highest BCUT2D eigenvalue weighted by molar-refractivity contribution is 6.34. The molecular formula is C28H25ClF2N2O4. The van der Waals surface area contributed by atoms with E-state index in [1.807, 2.05) is 30.3 Å². The van der Waals surface area contributed by atoms with Gasteiger partial charge in [0.2, 0.25) is 5.91 Å². The number of hydrogen-bond acceptors (Lipinski definition) is 5. The molecule has 3 heterocycles. The number of carbonyl (C=O) groups is 1. The van der Waals surface area contributed by atoms with E-state index in [-0.39, 0.29) is 64.6 Å². The van der Waals surface area contributed by atoms with Gasteiger partial charge in [0, 0.05) is 34.7 Å². The Labute approximate surface area is 217 Å². The molecule has 9 heteroatoms. The highest BCUT2D eigenvalue weighted by Gasteiger charge is 2.50. The molecule has 0 radical (unpaired) electrons. The van der Waals surface area contributed by atoms with Gasteiger partial charge in [-0.1, -0.05) is 41.9 Å². The third-order valence-corrected chi connectivity index (χ3v) is 7.94. The normalized spacial score (nSPS) is 22.0. The van der Waals surface area contributed by atoms with Gasteiger partial charge in [-0.15, -0.1) is 0 Å². The van der Waals surface area contributed by atoms with Crippen molar-refractivity contribution in [2.45, 2.75) is 37.8 Å². The van der Waals surface area contributed by atoms with Crippen molar-refractivity contribution in [2.24, 2.45) is 5.73 Å². The second-order valence-corrected chi connectivity index (χ2v) is 9.99. The van der Waals surface area contributed by atoms with E-state index in [2.05, 4.69) is 5.32 Å². The van der Waals surface area contributed by atoms with Crippen molar-refractivity contribution < 1.29 is 27.8 Å². The van der Waals surface area contributed by atoms with Crippen LogP contribution in [0, 0.1) is 18.6 Å². The van der Waals surface area contributed by atoms with E-state index in [4.69, 9.17) is 31.5 Å². The standard InChI is InChI=1S/C28H25ClF2N2O4/c1-14-20(27(32)34)22(24(31)26-25(14)35-10-11-36-26)21-16-13-28(19-8-5-9-33-19,15-6-3-2-4-7-15)37-18(16)12-17(30)23(21)29/h2-4,6-7,12,19,33H,5,8-11,13H2,1H3,(H2,32,34)/t19?,28-/m0/s1. The molecule has 1 fully saturated rings. The highest BCUT2D eigenvalue weighted by atomic mass is 35.5. The lowest BCUT2D eigenvalue weighted by atomic mass is 9.80. The van der Waals surface area contributed by atoms with E-state index in [1.54, 1.807) is 6.92 Å². The minimum atomic E-state index is -0.886. The minimum absolute atomic E-state index is 0.0406. The van der Waals surface area contributed by atoms with E-state index in [0.717, 1.165) is 24.9 Å². The Morgan fingerprint density at radius 2 is 1.86 bits per heavy atom. The highest BCUT2D eigenvalue weighted by Crippen LogP contribution is 2.54. The number of nitrogens with one attached hydrogen (secondary N) is 1. The van der Waals surface area contributed by atoms with E-state index >= 15 is 8.78 Å². The van der Waals surface area contributed by atoms with Crippen LogP contribution in [0.2, 0.25) is 5.02 Å². The summed E-state index contributed by atoms with van der Waals surface area (Å²) in [5, 5.41) is 3.20. The zero-order valence-electron chi connectivity index (χ0n) is 20.1. The van der Waals surface area contributed by atoms with Crippen LogP contribution in [-0.2, 0) is 12.0 Å². The quantitative estimate of drug-likeness (QED) is 0.497. The maximum absolute atomic E-state index is 16.2. The van der Waals surface area contributed by atoms with Gasteiger partial charge in [-0.3, -0.25) is 4.79 Å². The van der Waals surface area contributed by atoms with Gasteiger partial charge in [-0.05, 0) is 31.9 Å². The predicted molar refractivity (Wildman–Crippen MR) is 135 cm³/mol. The van der Waals surface area contributed by atoms with Gasteiger partial charge in [0.05, 0.1) is 16.6 Å². The summed E-state index contributed by atoms with van der Waals surface area (Å²) >= 11 is 6.56. The van der Waals surface area contributed by atoms with Crippen molar-refractivity contribution in [3.8, 4) is 28.4 Å². The van der Waals surface area contributed by atoms with Crippen LogP contribution in [0.25, 0.3) is 11.1 Å².